The van der Waals surface area contributed by atoms with Crippen molar-refractivity contribution in [1.29, 1.82) is 0 Å². The molecule has 8 nitrogen and oxygen atoms in total. The van der Waals surface area contributed by atoms with Crippen molar-refractivity contribution in [3.8, 4) is 0 Å². The first-order valence-electron chi connectivity index (χ1n) is 8.78. The van der Waals surface area contributed by atoms with E-state index < -0.39 is 0 Å². The van der Waals surface area contributed by atoms with Gasteiger partial charge >= 0.3 is 6.03 Å². The van der Waals surface area contributed by atoms with Crippen LogP contribution in [0.2, 0.25) is 5.02 Å². The zero-order valence-electron chi connectivity index (χ0n) is 15.1. The lowest BCUT2D eigenvalue weighted by atomic mass is 10.1. The molecule has 3 N–H and O–H groups in total. The molecule has 9 heteroatoms. The third kappa shape index (κ3) is 4.99. The number of imidazole rings is 1. The Kier molecular flexibility index (Phi) is 6.31. The Balaban J connectivity index is 1.50. The van der Waals surface area contributed by atoms with Crippen molar-refractivity contribution in [1.82, 2.24) is 30.4 Å². The van der Waals surface area contributed by atoms with E-state index in [4.69, 9.17) is 11.6 Å². The van der Waals surface area contributed by atoms with E-state index in [9.17, 15) is 9.59 Å². The minimum absolute atomic E-state index is 0.0621. The maximum Gasteiger partial charge on any atom is 0.315 e. The SMILES string of the molecule is Cn1ccnc1C1CNCCN1C(=O)CNC(=O)NCc1ccc(Cl)cc1. The molecule has 0 bridgehead atoms. The molecule has 0 saturated carbocycles. The highest BCUT2D eigenvalue weighted by molar-refractivity contribution is 6.30. The second-order valence-corrected chi connectivity index (χ2v) is 6.80. The molecule has 0 aliphatic carbocycles. The van der Waals surface area contributed by atoms with Gasteiger partial charge in [0, 0.05) is 50.6 Å². The molecule has 27 heavy (non-hydrogen) atoms. The number of nitrogens with one attached hydrogen (secondary N) is 3. The first kappa shape index (κ1) is 19.2. The summed E-state index contributed by atoms with van der Waals surface area (Å²) in [7, 11) is 1.90. The van der Waals surface area contributed by atoms with Crippen molar-refractivity contribution in [2.45, 2.75) is 12.6 Å². The lowest BCUT2D eigenvalue weighted by Gasteiger charge is -2.35. The highest BCUT2D eigenvalue weighted by Crippen LogP contribution is 2.20. The number of hydrogen-bond donors (Lipinski definition) is 3. The molecule has 3 amide bonds. The maximum atomic E-state index is 12.6. The number of benzene rings is 1. The molecule has 1 aliphatic heterocycles. The lowest BCUT2D eigenvalue weighted by molar-refractivity contribution is -0.133. The van der Waals surface area contributed by atoms with E-state index in [1.54, 1.807) is 23.2 Å². The number of amides is 3. The van der Waals surface area contributed by atoms with Gasteiger partial charge in [0.25, 0.3) is 0 Å². The van der Waals surface area contributed by atoms with Crippen LogP contribution in [0.1, 0.15) is 17.4 Å². The van der Waals surface area contributed by atoms with Gasteiger partial charge in [-0.05, 0) is 17.7 Å². The highest BCUT2D eigenvalue weighted by Gasteiger charge is 2.30. The third-order valence-electron chi connectivity index (χ3n) is 4.49. The fourth-order valence-corrected chi connectivity index (χ4v) is 3.16. The average Bonchev–Trinajstić information content (AvgIpc) is 3.11. The Morgan fingerprint density at radius 1 is 1.30 bits per heavy atom. The predicted molar refractivity (Wildman–Crippen MR) is 102 cm³/mol. The van der Waals surface area contributed by atoms with Gasteiger partial charge in [-0.1, -0.05) is 23.7 Å². The molecular weight excluding hydrogens is 368 g/mol. The molecule has 1 fully saturated rings. The van der Waals surface area contributed by atoms with Crippen molar-refractivity contribution in [2.24, 2.45) is 7.05 Å². The number of carbonyl (C=O) groups excluding carboxylic acids is 2. The number of rotatable bonds is 5. The average molecular weight is 391 g/mol. The molecule has 1 unspecified atom stereocenters. The molecule has 0 spiro atoms. The summed E-state index contributed by atoms with van der Waals surface area (Å²) in [6.45, 7) is 2.23. The van der Waals surface area contributed by atoms with Gasteiger partial charge in [-0.3, -0.25) is 4.79 Å². The number of urea groups is 1. The molecule has 3 rings (SSSR count). The van der Waals surface area contributed by atoms with Crippen LogP contribution in [-0.4, -0.2) is 52.6 Å². The number of carbonyl (C=O) groups is 2. The van der Waals surface area contributed by atoms with Gasteiger partial charge in [0.05, 0.1) is 6.54 Å². The van der Waals surface area contributed by atoms with Gasteiger partial charge in [0.15, 0.2) is 0 Å². The molecule has 1 aromatic carbocycles. The maximum absolute atomic E-state index is 12.6. The summed E-state index contributed by atoms with van der Waals surface area (Å²) in [6, 6.07) is 6.68. The number of hydrogen-bond acceptors (Lipinski definition) is 4. The lowest BCUT2D eigenvalue weighted by Crippen LogP contribution is -2.52. The van der Waals surface area contributed by atoms with E-state index in [1.165, 1.54) is 0 Å². The normalized spacial score (nSPS) is 16.8. The van der Waals surface area contributed by atoms with Gasteiger partial charge in [0.1, 0.15) is 11.9 Å². The molecule has 1 atom stereocenters. The van der Waals surface area contributed by atoms with Crippen molar-refractivity contribution in [3.05, 3.63) is 53.1 Å². The number of nitrogens with zero attached hydrogens (tertiary/aromatic N) is 3. The Labute approximate surface area is 162 Å². The smallest absolute Gasteiger partial charge is 0.315 e. The van der Waals surface area contributed by atoms with Crippen LogP contribution in [0.5, 0.6) is 0 Å². The van der Waals surface area contributed by atoms with Gasteiger partial charge < -0.3 is 25.4 Å². The summed E-state index contributed by atoms with van der Waals surface area (Å²) in [4.78, 5) is 30.7. The molecule has 1 saturated heterocycles. The van der Waals surface area contributed by atoms with E-state index in [0.717, 1.165) is 17.9 Å². The molecular formula is C18H23ClN6O2. The van der Waals surface area contributed by atoms with E-state index in [1.807, 2.05) is 29.9 Å². The number of aromatic nitrogens is 2. The van der Waals surface area contributed by atoms with Crippen LogP contribution in [0, 0.1) is 0 Å². The fourth-order valence-electron chi connectivity index (χ4n) is 3.04. The van der Waals surface area contributed by atoms with Gasteiger partial charge in [-0.15, -0.1) is 0 Å². The highest BCUT2D eigenvalue weighted by atomic mass is 35.5. The standard InChI is InChI=1S/C18H23ClN6O2/c1-24-8-7-21-17(24)15-11-20-6-9-25(15)16(26)12-23-18(27)22-10-13-2-4-14(19)5-3-13/h2-5,7-8,15,20H,6,9-12H2,1H3,(H2,22,23,27). The minimum Gasteiger partial charge on any atom is -0.336 e. The summed E-state index contributed by atoms with van der Waals surface area (Å²) >= 11 is 5.84. The topological polar surface area (TPSA) is 91.3 Å². The Morgan fingerprint density at radius 3 is 2.78 bits per heavy atom. The second kappa shape index (κ2) is 8.88. The van der Waals surface area contributed by atoms with Crippen LogP contribution in [0.4, 0.5) is 4.79 Å². The van der Waals surface area contributed by atoms with E-state index in [0.29, 0.717) is 24.7 Å². The van der Waals surface area contributed by atoms with Crippen molar-refractivity contribution in [3.63, 3.8) is 0 Å². The van der Waals surface area contributed by atoms with Crippen LogP contribution >= 0.6 is 11.6 Å². The number of halogens is 1. The largest absolute Gasteiger partial charge is 0.336 e. The Hall–Kier alpha value is -2.58. The summed E-state index contributed by atoms with van der Waals surface area (Å²) in [5.41, 5.74) is 0.929. The molecule has 0 radical (unpaired) electrons. The summed E-state index contributed by atoms with van der Waals surface area (Å²) < 4.78 is 1.91. The van der Waals surface area contributed by atoms with Crippen LogP contribution in [0.3, 0.4) is 0 Å². The van der Waals surface area contributed by atoms with Crippen LogP contribution in [-0.2, 0) is 18.4 Å². The molecule has 144 valence electrons. The summed E-state index contributed by atoms with van der Waals surface area (Å²) in [5, 5.41) is 9.29. The monoisotopic (exact) mass is 390 g/mol. The van der Waals surface area contributed by atoms with E-state index in [-0.39, 0.29) is 24.5 Å². The van der Waals surface area contributed by atoms with Crippen molar-refractivity contribution in [2.75, 3.05) is 26.2 Å². The van der Waals surface area contributed by atoms with Crippen molar-refractivity contribution >= 4 is 23.5 Å². The Morgan fingerprint density at radius 2 is 2.07 bits per heavy atom. The summed E-state index contributed by atoms with van der Waals surface area (Å²) in [5.74, 6) is 0.689. The quantitative estimate of drug-likeness (QED) is 0.711. The third-order valence-corrected chi connectivity index (χ3v) is 4.74. The zero-order valence-corrected chi connectivity index (χ0v) is 15.9. The number of aryl methyl sites for hydroxylation is 1. The second-order valence-electron chi connectivity index (χ2n) is 6.37. The van der Waals surface area contributed by atoms with Gasteiger partial charge in [-0.2, -0.15) is 0 Å². The summed E-state index contributed by atoms with van der Waals surface area (Å²) in [6.07, 6.45) is 3.57. The fraction of sp³-hybridized carbons (Fsp3) is 0.389. The molecule has 1 aliphatic rings. The van der Waals surface area contributed by atoms with Crippen LogP contribution < -0.4 is 16.0 Å². The van der Waals surface area contributed by atoms with Crippen LogP contribution in [0.15, 0.2) is 36.7 Å². The van der Waals surface area contributed by atoms with E-state index in [2.05, 4.69) is 20.9 Å². The first-order valence-corrected chi connectivity index (χ1v) is 9.16. The predicted octanol–water partition coefficient (Wildman–Crippen LogP) is 1.05. The van der Waals surface area contributed by atoms with Gasteiger partial charge in [0.2, 0.25) is 5.91 Å². The zero-order chi connectivity index (χ0) is 19.2. The van der Waals surface area contributed by atoms with Gasteiger partial charge in [-0.25, -0.2) is 9.78 Å². The van der Waals surface area contributed by atoms with E-state index >= 15 is 0 Å². The molecule has 1 aromatic heterocycles. The number of piperazine rings is 1. The molecule has 2 aromatic rings. The minimum atomic E-state index is -0.387. The van der Waals surface area contributed by atoms with Crippen molar-refractivity contribution < 1.29 is 9.59 Å². The first-order chi connectivity index (χ1) is 13.0. The Bertz CT molecular complexity index is 791. The van der Waals surface area contributed by atoms with Crippen LogP contribution in [0.25, 0.3) is 0 Å². The molecule has 2 heterocycles.